The maximum absolute atomic E-state index is 12.9. The molecule has 1 amide bonds. The Morgan fingerprint density at radius 1 is 1.42 bits per heavy atom. The molecule has 19 heavy (non-hydrogen) atoms. The number of ether oxygens (including phenoxy) is 1. The minimum Gasteiger partial charge on any atom is -0.490 e. The van der Waals surface area contributed by atoms with E-state index in [1.807, 2.05) is 29.2 Å². The number of hydrogen-bond acceptors (Lipinski definition) is 3. The van der Waals surface area contributed by atoms with Gasteiger partial charge in [0.05, 0.1) is 17.6 Å². The van der Waals surface area contributed by atoms with Crippen molar-refractivity contribution in [2.24, 2.45) is 5.41 Å². The summed E-state index contributed by atoms with van der Waals surface area (Å²) in [5.74, 6) is 1.03. The van der Waals surface area contributed by atoms with Crippen LogP contribution in [0, 0.1) is 5.41 Å². The van der Waals surface area contributed by atoms with Crippen LogP contribution >= 0.6 is 0 Å². The molecular weight excluding hydrogens is 240 g/mol. The number of nitrogens with one attached hydrogen (secondary N) is 1. The predicted octanol–water partition coefficient (Wildman–Crippen LogP) is 1.80. The largest absolute Gasteiger partial charge is 0.490 e. The fraction of sp³-hybridized carbons (Fsp3) is 0.533. The van der Waals surface area contributed by atoms with Crippen molar-refractivity contribution in [3.63, 3.8) is 0 Å². The SMILES string of the molecule is CC1(C(=O)N2CCOc3ccccc32)CCCNC1. The molecule has 1 unspecified atom stereocenters. The van der Waals surface area contributed by atoms with Gasteiger partial charge in [-0.05, 0) is 38.4 Å². The first kappa shape index (κ1) is 12.5. The van der Waals surface area contributed by atoms with E-state index in [-0.39, 0.29) is 11.3 Å². The zero-order valence-electron chi connectivity index (χ0n) is 11.3. The van der Waals surface area contributed by atoms with Gasteiger partial charge in [0.15, 0.2) is 0 Å². The average Bonchev–Trinajstić information content (AvgIpc) is 2.47. The maximum atomic E-state index is 12.9. The van der Waals surface area contributed by atoms with Crippen molar-refractivity contribution in [3.8, 4) is 5.75 Å². The number of amides is 1. The Bertz CT molecular complexity index is 481. The minimum absolute atomic E-state index is 0.218. The van der Waals surface area contributed by atoms with Gasteiger partial charge in [0, 0.05) is 6.54 Å². The Balaban J connectivity index is 1.88. The van der Waals surface area contributed by atoms with Crippen molar-refractivity contribution in [1.82, 2.24) is 5.32 Å². The molecule has 1 aromatic rings. The molecule has 2 aliphatic heterocycles. The molecule has 2 heterocycles. The van der Waals surface area contributed by atoms with Gasteiger partial charge in [-0.3, -0.25) is 4.79 Å². The summed E-state index contributed by atoms with van der Waals surface area (Å²) in [6.45, 7) is 5.07. The number of nitrogens with zero attached hydrogens (tertiary/aromatic N) is 1. The summed E-state index contributed by atoms with van der Waals surface area (Å²) >= 11 is 0. The third-order valence-corrected chi connectivity index (χ3v) is 4.09. The van der Waals surface area contributed by atoms with Crippen LogP contribution in [-0.2, 0) is 4.79 Å². The Labute approximate surface area is 113 Å². The van der Waals surface area contributed by atoms with E-state index in [2.05, 4.69) is 12.2 Å². The van der Waals surface area contributed by atoms with Gasteiger partial charge in [-0.1, -0.05) is 12.1 Å². The molecule has 1 aromatic carbocycles. The van der Waals surface area contributed by atoms with E-state index >= 15 is 0 Å². The van der Waals surface area contributed by atoms with E-state index in [1.165, 1.54) is 0 Å². The van der Waals surface area contributed by atoms with Crippen molar-refractivity contribution in [2.75, 3.05) is 31.1 Å². The molecule has 0 bridgehead atoms. The fourth-order valence-corrected chi connectivity index (χ4v) is 2.95. The lowest BCUT2D eigenvalue weighted by Crippen LogP contribution is -2.52. The van der Waals surface area contributed by atoms with E-state index in [0.29, 0.717) is 13.2 Å². The highest BCUT2D eigenvalue weighted by Crippen LogP contribution is 2.36. The maximum Gasteiger partial charge on any atom is 0.234 e. The van der Waals surface area contributed by atoms with Crippen molar-refractivity contribution in [1.29, 1.82) is 0 Å². The first-order chi connectivity index (χ1) is 9.21. The average molecular weight is 260 g/mol. The van der Waals surface area contributed by atoms with Gasteiger partial charge < -0.3 is 15.0 Å². The monoisotopic (exact) mass is 260 g/mol. The lowest BCUT2D eigenvalue weighted by Gasteiger charge is -2.39. The molecule has 4 nitrogen and oxygen atoms in total. The molecule has 0 aromatic heterocycles. The van der Waals surface area contributed by atoms with Crippen LogP contribution in [0.3, 0.4) is 0 Å². The highest BCUT2D eigenvalue weighted by Gasteiger charge is 2.39. The Kier molecular flexibility index (Phi) is 3.19. The topological polar surface area (TPSA) is 41.6 Å². The zero-order valence-corrected chi connectivity index (χ0v) is 11.3. The molecule has 3 rings (SSSR count). The van der Waals surface area contributed by atoms with Crippen LogP contribution in [-0.4, -0.2) is 32.1 Å². The van der Waals surface area contributed by atoms with Gasteiger partial charge in [0.1, 0.15) is 12.4 Å². The van der Waals surface area contributed by atoms with Crippen molar-refractivity contribution < 1.29 is 9.53 Å². The van der Waals surface area contributed by atoms with Crippen molar-refractivity contribution in [3.05, 3.63) is 24.3 Å². The first-order valence-corrected chi connectivity index (χ1v) is 6.95. The molecule has 0 aliphatic carbocycles. The van der Waals surface area contributed by atoms with Gasteiger partial charge >= 0.3 is 0 Å². The molecule has 102 valence electrons. The molecule has 1 saturated heterocycles. The molecule has 1 atom stereocenters. The van der Waals surface area contributed by atoms with Crippen molar-refractivity contribution in [2.45, 2.75) is 19.8 Å². The molecule has 0 spiro atoms. The molecule has 2 aliphatic rings. The van der Waals surface area contributed by atoms with Crippen LogP contribution in [0.2, 0.25) is 0 Å². The van der Waals surface area contributed by atoms with Crippen LogP contribution in [0.25, 0.3) is 0 Å². The third kappa shape index (κ3) is 2.21. The van der Waals surface area contributed by atoms with Crippen LogP contribution in [0.15, 0.2) is 24.3 Å². The summed E-state index contributed by atoms with van der Waals surface area (Å²) < 4.78 is 5.61. The quantitative estimate of drug-likeness (QED) is 0.837. The normalized spacial score (nSPS) is 26.5. The number of fused-ring (bicyclic) bond motifs is 1. The predicted molar refractivity (Wildman–Crippen MR) is 74.5 cm³/mol. The Morgan fingerprint density at radius 3 is 3.05 bits per heavy atom. The molecule has 0 radical (unpaired) electrons. The number of hydrogen-bond donors (Lipinski definition) is 1. The third-order valence-electron chi connectivity index (χ3n) is 4.09. The number of rotatable bonds is 1. The van der Waals surface area contributed by atoms with Crippen LogP contribution in [0.1, 0.15) is 19.8 Å². The molecule has 1 fully saturated rings. The molecule has 0 saturated carbocycles. The van der Waals surface area contributed by atoms with Gasteiger partial charge in [0.2, 0.25) is 5.91 Å². The number of para-hydroxylation sites is 2. The number of carbonyl (C=O) groups excluding carboxylic acids is 1. The first-order valence-electron chi connectivity index (χ1n) is 6.95. The van der Waals surface area contributed by atoms with E-state index < -0.39 is 0 Å². The van der Waals surface area contributed by atoms with E-state index in [9.17, 15) is 4.79 Å². The Hall–Kier alpha value is -1.55. The lowest BCUT2D eigenvalue weighted by molar-refractivity contribution is -0.128. The summed E-state index contributed by atoms with van der Waals surface area (Å²) in [5.41, 5.74) is 0.619. The van der Waals surface area contributed by atoms with Crippen LogP contribution < -0.4 is 15.0 Å². The highest BCUT2D eigenvalue weighted by atomic mass is 16.5. The number of carbonyl (C=O) groups is 1. The van der Waals surface area contributed by atoms with E-state index in [1.54, 1.807) is 0 Å². The fourth-order valence-electron chi connectivity index (χ4n) is 2.95. The lowest BCUT2D eigenvalue weighted by atomic mass is 9.81. The second-order valence-electron chi connectivity index (χ2n) is 5.61. The van der Waals surface area contributed by atoms with Gasteiger partial charge in [-0.2, -0.15) is 0 Å². The Morgan fingerprint density at radius 2 is 2.26 bits per heavy atom. The second kappa shape index (κ2) is 4.85. The summed E-state index contributed by atoms with van der Waals surface area (Å²) in [4.78, 5) is 14.8. The number of anilines is 1. The summed E-state index contributed by atoms with van der Waals surface area (Å²) in [7, 11) is 0. The smallest absolute Gasteiger partial charge is 0.234 e. The minimum atomic E-state index is -0.289. The van der Waals surface area contributed by atoms with Gasteiger partial charge in [-0.15, -0.1) is 0 Å². The van der Waals surface area contributed by atoms with Crippen LogP contribution in [0.4, 0.5) is 5.69 Å². The number of piperidine rings is 1. The molecule has 1 N–H and O–H groups in total. The van der Waals surface area contributed by atoms with E-state index in [0.717, 1.165) is 37.4 Å². The summed E-state index contributed by atoms with van der Waals surface area (Å²) in [5, 5.41) is 3.34. The molecular formula is C15H20N2O2. The zero-order chi connectivity index (χ0) is 13.3. The van der Waals surface area contributed by atoms with E-state index in [4.69, 9.17) is 4.74 Å². The summed E-state index contributed by atoms with van der Waals surface area (Å²) in [6.07, 6.45) is 2.02. The standard InChI is InChI=1S/C15H20N2O2/c1-15(7-4-8-16-11-15)14(18)17-9-10-19-13-6-3-2-5-12(13)17/h2-3,5-6,16H,4,7-11H2,1H3. The second-order valence-corrected chi connectivity index (χ2v) is 5.61. The highest BCUT2D eigenvalue weighted by molar-refractivity contribution is 5.99. The van der Waals surface area contributed by atoms with Gasteiger partial charge in [-0.25, -0.2) is 0 Å². The number of benzene rings is 1. The molecule has 4 heteroatoms. The van der Waals surface area contributed by atoms with Crippen LogP contribution in [0.5, 0.6) is 5.75 Å². The van der Waals surface area contributed by atoms with Gasteiger partial charge in [0.25, 0.3) is 0 Å². The summed E-state index contributed by atoms with van der Waals surface area (Å²) in [6, 6.07) is 7.79. The van der Waals surface area contributed by atoms with Crippen molar-refractivity contribution >= 4 is 11.6 Å².